The minimum absolute atomic E-state index is 0.170. The second-order valence-electron chi connectivity index (χ2n) is 8.04. The van der Waals surface area contributed by atoms with Crippen LogP contribution in [0.25, 0.3) is 11.1 Å². The van der Waals surface area contributed by atoms with Crippen molar-refractivity contribution in [2.75, 3.05) is 25.1 Å². The van der Waals surface area contributed by atoms with Crippen LogP contribution >= 0.6 is 0 Å². The van der Waals surface area contributed by atoms with Crippen molar-refractivity contribution in [3.05, 3.63) is 65.9 Å². The van der Waals surface area contributed by atoms with Gasteiger partial charge in [0.05, 0.1) is 37.3 Å². The molecule has 0 bridgehead atoms. The first-order valence-electron chi connectivity index (χ1n) is 10.5. The molecule has 5 rings (SSSR count). The van der Waals surface area contributed by atoms with E-state index in [-0.39, 0.29) is 12.2 Å². The van der Waals surface area contributed by atoms with Crippen molar-refractivity contribution >= 4 is 11.5 Å². The van der Waals surface area contributed by atoms with Crippen LogP contribution in [0.4, 0.5) is 5.82 Å². The number of ether oxygens (including phenoxy) is 2. The number of fused-ring (bicyclic) bond motifs is 1. The molecule has 0 radical (unpaired) electrons. The summed E-state index contributed by atoms with van der Waals surface area (Å²) in [4.78, 5) is 20.4. The summed E-state index contributed by atoms with van der Waals surface area (Å²) in [6.07, 6.45) is 5.53. The third kappa shape index (κ3) is 3.77. The number of aromatic nitrogens is 3. The predicted octanol–water partition coefficient (Wildman–Crippen LogP) is 3.51. The number of methoxy groups -OCH3 is 1. The number of hydrogen-bond acceptors (Lipinski definition) is 7. The van der Waals surface area contributed by atoms with Crippen LogP contribution in [-0.4, -0.2) is 53.1 Å². The van der Waals surface area contributed by atoms with E-state index in [1.807, 2.05) is 18.3 Å². The van der Waals surface area contributed by atoms with E-state index in [4.69, 9.17) is 14.5 Å². The van der Waals surface area contributed by atoms with E-state index in [9.17, 15) is 0 Å². The summed E-state index contributed by atoms with van der Waals surface area (Å²) < 4.78 is 11.4. The highest BCUT2D eigenvalue weighted by Gasteiger charge is 2.25. The van der Waals surface area contributed by atoms with Gasteiger partial charge in [0, 0.05) is 42.7 Å². The van der Waals surface area contributed by atoms with Gasteiger partial charge in [-0.25, -0.2) is 9.97 Å². The molecule has 2 aliphatic heterocycles. The Morgan fingerprint density at radius 1 is 1.03 bits per heavy atom. The Morgan fingerprint density at radius 3 is 2.68 bits per heavy atom. The third-order valence-electron chi connectivity index (χ3n) is 5.72. The highest BCUT2D eigenvalue weighted by Crippen LogP contribution is 2.33. The van der Waals surface area contributed by atoms with Crippen LogP contribution in [0.3, 0.4) is 0 Å². The molecule has 0 unspecified atom stereocenters. The third-order valence-corrected chi connectivity index (χ3v) is 5.72. The Morgan fingerprint density at radius 2 is 1.87 bits per heavy atom. The highest BCUT2D eigenvalue weighted by molar-refractivity contribution is 6.14. The normalized spacial score (nSPS) is 20.4. The standard InChI is InChI=1S/C24H25N5O2/c1-15-12-29(13-16(2)31-15)23-9-21(27-14-28-23)24-19-8-17(4-5-18(19)10-26-24)20-11-25-7-6-22(20)30-3/h4-9,11,14-16H,10,12-13H2,1-3H3/t15-,16+. The Labute approximate surface area is 181 Å². The van der Waals surface area contributed by atoms with E-state index in [1.165, 1.54) is 5.56 Å². The number of morpholine rings is 1. The average molecular weight is 415 g/mol. The number of nitrogens with zero attached hydrogens (tertiary/aromatic N) is 5. The van der Waals surface area contributed by atoms with E-state index in [0.29, 0.717) is 6.54 Å². The molecule has 2 aromatic heterocycles. The summed E-state index contributed by atoms with van der Waals surface area (Å²) in [7, 11) is 1.68. The van der Waals surface area contributed by atoms with Gasteiger partial charge in [0.2, 0.25) is 0 Å². The second kappa shape index (κ2) is 8.07. The molecule has 0 N–H and O–H groups in total. The molecule has 3 aromatic rings. The SMILES string of the molecule is COc1ccncc1-c1ccc2c(c1)C(c1cc(N3C[C@@H](C)O[C@@H](C)C3)ncn1)=NC2. The first-order chi connectivity index (χ1) is 15.1. The highest BCUT2D eigenvalue weighted by atomic mass is 16.5. The van der Waals surface area contributed by atoms with Gasteiger partial charge in [-0.15, -0.1) is 0 Å². The number of rotatable bonds is 4. The lowest BCUT2D eigenvalue weighted by Crippen LogP contribution is -2.45. The summed E-state index contributed by atoms with van der Waals surface area (Å²) in [5.74, 6) is 1.71. The molecule has 1 aromatic carbocycles. The van der Waals surface area contributed by atoms with Gasteiger partial charge in [0.15, 0.2) is 0 Å². The minimum atomic E-state index is 0.170. The maximum atomic E-state index is 5.86. The van der Waals surface area contributed by atoms with Crippen LogP contribution in [0.2, 0.25) is 0 Å². The molecule has 0 spiro atoms. The number of hydrogen-bond donors (Lipinski definition) is 0. The fraction of sp³-hybridized carbons (Fsp3) is 0.333. The Kier molecular flexibility index (Phi) is 5.11. The zero-order valence-corrected chi connectivity index (χ0v) is 17.9. The summed E-state index contributed by atoms with van der Waals surface area (Å²) in [5, 5.41) is 0. The van der Waals surface area contributed by atoms with Crippen LogP contribution in [0.1, 0.15) is 30.7 Å². The lowest BCUT2D eigenvalue weighted by atomic mass is 9.97. The number of pyridine rings is 1. The number of benzene rings is 1. The topological polar surface area (TPSA) is 72.7 Å². The first kappa shape index (κ1) is 19.6. The Hall–Kier alpha value is -3.32. The molecule has 2 aliphatic rings. The smallest absolute Gasteiger partial charge is 0.132 e. The summed E-state index contributed by atoms with van der Waals surface area (Å²) in [5.41, 5.74) is 6.03. The zero-order chi connectivity index (χ0) is 21.4. The van der Waals surface area contributed by atoms with E-state index in [2.05, 4.69) is 51.9 Å². The quantitative estimate of drug-likeness (QED) is 0.649. The fourth-order valence-corrected chi connectivity index (χ4v) is 4.36. The van der Waals surface area contributed by atoms with Crippen molar-refractivity contribution in [2.24, 2.45) is 4.99 Å². The van der Waals surface area contributed by atoms with Crippen LogP contribution in [0.5, 0.6) is 5.75 Å². The molecule has 0 amide bonds. The van der Waals surface area contributed by atoms with Crippen molar-refractivity contribution in [1.29, 1.82) is 0 Å². The molecule has 4 heterocycles. The van der Waals surface area contributed by atoms with Gasteiger partial charge < -0.3 is 14.4 Å². The van der Waals surface area contributed by atoms with Crippen LogP contribution < -0.4 is 9.64 Å². The summed E-state index contributed by atoms with van der Waals surface area (Å²) >= 11 is 0. The maximum absolute atomic E-state index is 5.86. The molecule has 31 heavy (non-hydrogen) atoms. The Balaban J connectivity index is 1.49. The zero-order valence-electron chi connectivity index (χ0n) is 17.9. The second-order valence-corrected chi connectivity index (χ2v) is 8.04. The summed E-state index contributed by atoms with van der Waals surface area (Å²) in [6.45, 7) is 6.47. The fourth-order valence-electron chi connectivity index (χ4n) is 4.36. The van der Waals surface area contributed by atoms with Gasteiger partial charge in [0.25, 0.3) is 0 Å². The van der Waals surface area contributed by atoms with Crippen molar-refractivity contribution < 1.29 is 9.47 Å². The molecule has 7 nitrogen and oxygen atoms in total. The molecular formula is C24H25N5O2. The molecule has 2 atom stereocenters. The van der Waals surface area contributed by atoms with Crippen molar-refractivity contribution in [1.82, 2.24) is 15.0 Å². The van der Waals surface area contributed by atoms with E-state index >= 15 is 0 Å². The van der Waals surface area contributed by atoms with Gasteiger partial charge in [-0.3, -0.25) is 9.98 Å². The van der Waals surface area contributed by atoms with Gasteiger partial charge in [-0.1, -0.05) is 12.1 Å². The first-order valence-corrected chi connectivity index (χ1v) is 10.5. The monoisotopic (exact) mass is 415 g/mol. The van der Waals surface area contributed by atoms with Gasteiger partial charge >= 0.3 is 0 Å². The molecule has 158 valence electrons. The lowest BCUT2D eigenvalue weighted by Gasteiger charge is -2.36. The maximum Gasteiger partial charge on any atom is 0.132 e. The van der Waals surface area contributed by atoms with E-state index in [0.717, 1.165) is 52.8 Å². The van der Waals surface area contributed by atoms with Gasteiger partial charge in [-0.05, 0) is 37.1 Å². The predicted molar refractivity (Wildman–Crippen MR) is 120 cm³/mol. The van der Waals surface area contributed by atoms with Gasteiger partial charge in [0.1, 0.15) is 17.9 Å². The van der Waals surface area contributed by atoms with E-state index < -0.39 is 0 Å². The molecular weight excluding hydrogens is 390 g/mol. The Bertz CT molecular complexity index is 1140. The van der Waals surface area contributed by atoms with Crippen LogP contribution in [-0.2, 0) is 11.3 Å². The largest absolute Gasteiger partial charge is 0.496 e. The number of aliphatic imine (C=N–C) groups is 1. The van der Waals surface area contributed by atoms with E-state index in [1.54, 1.807) is 19.6 Å². The number of anilines is 1. The molecule has 0 aliphatic carbocycles. The summed E-state index contributed by atoms with van der Waals surface area (Å²) in [6, 6.07) is 10.3. The van der Waals surface area contributed by atoms with Crippen molar-refractivity contribution in [3.8, 4) is 16.9 Å². The molecule has 1 saturated heterocycles. The minimum Gasteiger partial charge on any atom is -0.496 e. The van der Waals surface area contributed by atoms with Crippen molar-refractivity contribution in [2.45, 2.75) is 32.6 Å². The average Bonchev–Trinajstić information content (AvgIpc) is 3.22. The molecule has 7 heteroatoms. The molecule has 0 saturated carbocycles. The van der Waals surface area contributed by atoms with Crippen molar-refractivity contribution in [3.63, 3.8) is 0 Å². The lowest BCUT2D eigenvalue weighted by molar-refractivity contribution is -0.00546. The molecule has 1 fully saturated rings. The van der Waals surface area contributed by atoms with Crippen LogP contribution in [0, 0.1) is 0 Å². The van der Waals surface area contributed by atoms with Gasteiger partial charge in [-0.2, -0.15) is 0 Å². The van der Waals surface area contributed by atoms with Crippen LogP contribution in [0.15, 0.2) is 54.0 Å².